The van der Waals surface area contributed by atoms with Gasteiger partial charge in [0, 0.05) is 6.92 Å². The molecule has 0 bridgehead atoms. The Bertz CT molecular complexity index is 920. The van der Waals surface area contributed by atoms with Gasteiger partial charge in [-0.25, -0.2) is 22.3 Å². The minimum Gasteiger partial charge on any atom is -0.478 e. The number of aliphatic hydroxyl groups excluding tert-OH is 3. The van der Waals surface area contributed by atoms with Crippen LogP contribution in [0.15, 0.2) is 41.0 Å². The lowest BCUT2D eigenvalue weighted by atomic mass is 9.92. The van der Waals surface area contributed by atoms with Crippen LogP contribution < -0.4 is 10.0 Å². The molecule has 6 N–H and O–H groups in total. The van der Waals surface area contributed by atoms with Crippen molar-refractivity contribution in [2.75, 3.05) is 6.61 Å². The van der Waals surface area contributed by atoms with Crippen LogP contribution in [0.3, 0.4) is 0 Å². The number of ether oxygens (including phenoxy) is 1. The van der Waals surface area contributed by atoms with E-state index in [9.17, 15) is 37.7 Å². The van der Waals surface area contributed by atoms with E-state index in [1.807, 2.05) is 0 Å². The summed E-state index contributed by atoms with van der Waals surface area (Å²) in [5.41, 5.74) is 0. The first-order chi connectivity index (χ1) is 14.0. The van der Waals surface area contributed by atoms with Crippen molar-refractivity contribution in [3.63, 3.8) is 0 Å². The Morgan fingerprint density at radius 2 is 1.83 bits per heavy atom. The Balaban J connectivity index is 2.47. The molecule has 0 fully saturated rings. The van der Waals surface area contributed by atoms with Gasteiger partial charge in [-0.3, -0.25) is 4.79 Å². The highest BCUT2D eigenvalue weighted by Crippen LogP contribution is 2.24. The summed E-state index contributed by atoms with van der Waals surface area (Å²) in [6.45, 7) is 0.180. The summed E-state index contributed by atoms with van der Waals surface area (Å²) in [5, 5.41) is 40.7. The van der Waals surface area contributed by atoms with Crippen LogP contribution in [-0.4, -0.2) is 77.7 Å². The molecule has 0 saturated heterocycles. The van der Waals surface area contributed by atoms with Crippen molar-refractivity contribution < 1.29 is 47.6 Å². The molecule has 13 heteroatoms. The first-order valence-corrected chi connectivity index (χ1v) is 10.1. The number of carbonyl (C=O) groups excluding carboxylic acids is 1. The molecule has 2 rings (SSSR count). The lowest BCUT2D eigenvalue weighted by Gasteiger charge is -2.39. The molecule has 1 aromatic carbocycles. The SMILES string of the molecule is CC(=O)N[C@H]1[C@H]([C@H](O)[C@H](O)CO)OC(C(=O)O)=C[C@@H]1NS(=O)(=O)c1ccc(F)cc1. The first kappa shape index (κ1) is 23.7. The van der Waals surface area contributed by atoms with Gasteiger partial charge < -0.3 is 30.5 Å². The minimum absolute atomic E-state index is 0.338. The average molecular weight is 448 g/mol. The van der Waals surface area contributed by atoms with Crippen molar-refractivity contribution in [1.29, 1.82) is 0 Å². The number of nitrogens with one attached hydrogen (secondary N) is 2. The predicted molar refractivity (Wildman–Crippen MR) is 97.8 cm³/mol. The molecular weight excluding hydrogens is 427 g/mol. The molecule has 1 heterocycles. The van der Waals surface area contributed by atoms with Gasteiger partial charge in [-0.1, -0.05) is 0 Å². The number of sulfonamides is 1. The van der Waals surface area contributed by atoms with Gasteiger partial charge in [-0.15, -0.1) is 0 Å². The molecule has 166 valence electrons. The summed E-state index contributed by atoms with van der Waals surface area (Å²) in [6.07, 6.45) is -4.41. The van der Waals surface area contributed by atoms with E-state index in [1.165, 1.54) is 0 Å². The van der Waals surface area contributed by atoms with Gasteiger partial charge >= 0.3 is 5.97 Å². The molecule has 11 nitrogen and oxygen atoms in total. The van der Waals surface area contributed by atoms with Crippen molar-refractivity contribution in [1.82, 2.24) is 10.0 Å². The average Bonchev–Trinajstić information content (AvgIpc) is 2.67. The number of halogens is 1. The van der Waals surface area contributed by atoms with E-state index in [-0.39, 0.29) is 4.90 Å². The largest absolute Gasteiger partial charge is 0.478 e. The fourth-order valence-corrected chi connectivity index (χ4v) is 4.04. The molecule has 30 heavy (non-hydrogen) atoms. The van der Waals surface area contributed by atoms with Crippen molar-refractivity contribution in [3.8, 4) is 0 Å². The Hall–Kier alpha value is -2.58. The van der Waals surface area contributed by atoms with Gasteiger partial charge in [0.15, 0.2) is 0 Å². The number of carbonyl (C=O) groups is 2. The van der Waals surface area contributed by atoms with Crippen LogP contribution in [0, 0.1) is 5.82 Å². The van der Waals surface area contributed by atoms with Crippen molar-refractivity contribution in [2.45, 2.75) is 42.2 Å². The van der Waals surface area contributed by atoms with Gasteiger partial charge in [0.2, 0.25) is 21.7 Å². The summed E-state index contributed by atoms with van der Waals surface area (Å²) < 4.78 is 45.8. The van der Waals surface area contributed by atoms with Crippen LogP contribution in [0.25, 0.3) is 0 Å². The van der Waals surface area contributed by atoms with E-state index < -0.39 is 70.5 Å². The van der Waals surface area contributed by atoms with E-state index in [1.54, 1.807) is 0 Å². The van der Waals surface area contributed by atoms with Gasteiger partial charge in [-0.2, -0.15) is 0 Å². The topological polar surface area (TPSA) is 182 Å². The van der Waals surface area contributed by atoms with E-state index in [0.29, 0.717) is 0 Å². The number of hydrogen-bond donors (Lipinski definition) is 6. The Kier molecular flexibility index (Phi) is 7.49. The Morgan fingerprint density at radius 3 is 2.33 bits per heavy atom. The maximum absolute atomic E-state index is 13.1. The molecule has 5 atom stereocenters. The summed E-state index contributed by atoms with van der Waals surface area (Å²) >= 11 is 0. The van der Waals surface area contributed by atoms with E-state index >= 15 is 0 Å². The monoisotopic (exact) mass is 448 g/mol. The normalized spacial score (nSPS) is 23.6. The number of hydrogen-bond acceptors (Lipinski definition) is 8. The number of aliphatic carboxylic acids is 1. The Labute approximate surface area is 170 Å². The molecule has 0 radical (unpaired) electrons. The second-order valence-corrected chi connectivity index (χ2v) is 8.20. The molecule has 1 aliphatic rings. The first-order valence-electron chi connectivity index (χ1n) is 8.60. The van der Waals surface area contributed by atoms with Gasteiger partial charge in [0.1, 0.15) is 24.1 Å². The third-order valence-electron chi connectivity index (χ3n) is 4.25. The van der Waals surface area contributed by atoms with Gasteiger partial charge in [-0.05, 0) is 30.3 Å². The zero-order valence-corrected chi connectivity index (χ0v) is 16.4. The smallest absolute Gasteiger partial charge is 0.370 e. The van der Waals surface area contributed by atoms with Crippen LogP contribution in [-0.2, 0) is 24.3 Å². The number of amides is 1. The van der Waals surface area contributed by atoms with E-state index in [0.717, 1.165) is 37.3 Å². The van der Waals surface area contributed by atoms with Crippen LogP contribution >= 0.6 is 0 Å². The lowest BCUT2D eigenvalue weighted by Crippen LogP contribution is -2.63. The molecule has 0 unspecified atom stereocenters. The van der Waals surface area contributed by atoms with Gasteiger partial charge in [0.25, 0.3) is 0 Å². The number of aliphatic hydroxyl groups is 3. The van der Waals surface area contributed by atoms with Crippen LogP contribution in [0.4, 0.5) is 4.39 Å². The third kappa shape index (κ3) is 5.52. The van der Waals surface area contributed by atoms with Crippen LogP contribution in [0.5, 0.6) is 0 Å². The molecular formula is C17H21FN2O9S. The van der Waals surface area contributed by atoms with E-state index in [4.69, 9.17) is 9.84 Å². The van der Waals surface area contributed by atoms with Crippen molar-refractivity contribution in [2.24, 2.45) is 0 Å². The highest BCUT2D eigenvalue weighted by atomic mass is 32.2. The second-order valence-electron chi connectivity index (χ2n) is 6.49. The zero-order valence-electron chi connectivity index (χ0n) is 15.6. The summed E-state index contributed by atoms with van der Waals surface area (Å²) in [6, 6.07) is 0.979. The maximum Gasteiger partial charge on any atom is 0.370 e. The minimum atomic E-state index is -4.32. The quantitative estimate of drug-likeness (QED) is 0.263. The maximum atomic E-state index is 13.1. The molecule has 0 aliphatic carbocycles. The number of carboxylic acid groups (broad SMARTS) is 1. The zero-order chi connectivity index (χ0) is 22.6. The molecule has 1 aliphatic heterocycles. The predicted octanol–water partition coefficient (Wildman–Crippen LogP) is -1.94. The summed E-state index contributed by atoms with van der Waals surface area (Å²) in [5.74, 6) is -3.70. The molecule has 0 saturated carbocycles. The highest BCUT2D eigenvalue weighted by molar-refractivity contribution is 7.89. The lowest BCUT2D eigenvalue weighted by molar-refractivity contribution is -0.146. The fourth-order valence-electron chi connectivity index (χ4n) is 2.84. The number of benzene rings is 1. The molecule has 1 amide bonds. The standard InChI is InChI=1S/C17H21FN2O9S/c1-8(22)19-14-11(20-30(27,28)10-4-2-9(18)3-5-10)6-13(17(25)26)29-16(14)15(24)12(23)7-21/h2-6,11-12,14-16,20-21,23-24H,7H2,1H3,(H,19,22)(H,25,26)/t11-,12+,14+,15+,16+/m0/s1. The second kappa shape index (κ2) is 9.49. The molecule has 0 spiro atoms. The third-order valence-corrected chi connectivity index (χ3v) is 5.72. The summed E-state index contributed by atoms with van der Waals surface area (Å²) in [4.78, 5) is 22.7. The highest BCUT2D eigenvalue weighted by Gasteiger charge is 2.44. The fraction of sp³-hybridized carbons (Fsp3) is 0.412. The van der Waals surface area contributed by atoms with Crippen molar-refractivity contribution in [3.05, 3.63) is 41.9 Å². The van der Waals surface area contributed by atoms with Crippen LogP contribution in [0.2, 0.25) is 0 Å². The summed E-state index contributed by atoms with van der Waals surface area (Å²) in [7, 11) is -4.32. The number of carboxylic acids is 1. The number of rotatable bonds is 8. The van der Waals surface area contributed by atoms with Gasteiger partial charge in [0.05, 0.1) is 23.6 Å². The molecule has 0 aromatic heterocycles. The van der Waals surface area contributed by atoms with Crippen molar-refractivity contribution >= 4 is 21.9 Å². The Morgan fingerprint density at radius 1 is 1.23 bits per heavy atom. The molecule has 1 aromatic rings. The van der Waals surface area contributed by atoms with Crippen LogP contribution in [0.1, 0.15) is 6.92 Å². The van der Waals surface area contributed by atoms with E-state index in [2.05, 4.69) is 10.0 Å².